The van der Waals surface area contributed by atoms with Crippen molar-refractivity contribution in [1.82, 2.24) is 5.32 Å². The first-order valence-corrected chi connectivity index (χ1v) is 3.15. The molecule has 0 aliphatic carbocycles. The van der Waals surface area contributed by atoms with Crippen LogP contribution in [-0.2, 0) is 9.47 Å². The summed E-state index contributed by atoms with van der Waals surface area (Å²) in [5.41, 5.74) is 0. The summed E-state index contributed by atoms with van der Waals surface area (Å²) in [5, 5.41) is 2.71. The molecule has 1 aliphatic heterocycles. The molecule has 1 fully saturated rings. The molecule has 1 aliphatic rings. The molecule has 0 amide bonds. The van der Waals surface area contributed by atoms with Gasteiger partial charge in [0.2, 0.25) is 0 Å². The fourth-order valence-corrected chi connectivity index (χ4v) is 0.766. The zero-order valence-corrected chi connectivity index (χ0v) is 5.65. The number of nitrogens with one attached hydrogen (secondary N) is 1. The molecule has 0 radical (unpaired) electrons. The summed E-state index contributed by atoms with van der Waals surface area (Å²) >= 11 is 0. The van der Waals surface area contributed by atoms with E-state index >= 15 is 0 Å². The average Bonchev–Trinajstić information content (AvgIpc) is 1.85. The van der Waals surface area contributed by atoms with Crippen LogP contribution in [0.5, 0.6) is 0 Å². The van der Waals surface area contributed by atoms with Gasteiger partial charge in [0.1, 0.15) is 0 Å². The molecule has 1 N–H and O–H groups in total. The molecule has 1 atom stereocenters. The monoisotopic (exact) mass is 171 g/mol. The lowest BCUT2D eigenvalue weighted by molar-refractivity contribution is -0.379. The Morgan fingerprint density at radius 2 is 2.18 bits per heavy atom. The Hall–Kier alpha value is -0.330. The predicted molar refractivity (Wildman–Crippen MR) is 29.7 cm³/mol. The maximum Gasteiger partial charge on any atom is 0.524 e. The standard InChI is InChI=1S/C5H8F3NO2/c6-5(7,8)11-4-3-9-1-2-10-4/h4,9H,1-3H2. The first kappa shape index (κ1) is 8.76. The van der Waals surface area contributed by atoms with E-state index in [2.05, 4.69) is 14.8 Å². The van der Waals surface area contributed by atoms with Crippen molar-refractivity contribution in [2.24, 2.45) is 0 Å². The van der Waals surface area contributed by atoms with Gasteiger partial charge in [0, 0.05) is 13.1 Å². The average molecular weight is 171 g/mol. The molecular weight excluding hydrogens is 163 g/mol. The molecule has 66 valence electrons. The van der Waals surface area contributed by atoms with Gasteiger partial charge in [-0.2, -0.15) is 0 Å². The van der Waals surface area contributed by atoms with Crippen LogP contribution in [0.4, 0.5) is 13.2 Å². The number of rotatable bonds is 1. The van der Waals surface area contributed by atoms with Crippen molar-refractivity contribution in [3.05, 3.63) is 0 Å². The molecule has 11 heavy (non-hydrogen) atoms. The van der Waals surface area contributed by atoms with Gasteiger partial charge in [0.25, 0.3) is 0 Å². The topological polar surface area (TPSA) is 30.5 Å². The third-order valence-electron chi connectivity index (χ3n) is 1.16. The van der Waals surface area contributed by atoms with E-state index in [1.807, 2.05) is 0 Å². The molecule has 6 heteroatoms. The number of morpholine rings is 1. The van der Waals surface area contributed by atoms with Crippen molar-refractivity contribution >= 4 is 0 Å². The van der Waals surface area contributed by atoms with Crippen LogP contribution in [0, 0.1) is 0 Å². The maximum atomic E-state index is 11.5. The first-order chi connectivity index (χ1) is 5.08. The van der Waals surface area contributed by atoms with E-state index in [0.717, 1.165) is 0 Å². The zero-order valence-electron chi connectivity index (χ0n) is 5.65. The highest BCUT2D eigenvalue weighted by Crippen LogP contribution is 2.19. The van der Waals surface area contributed by atoms with Crippen LogP contribution in [0.1, 0.15) is 0 Å². The van der Waals surface area contributed by atoms with Gasteiger partial charge in [0.15, 0.2) is 6.29 Å². The molecule has 0 aromatic heterocycles. The lowest BCUT2D eigenvalue weighted by atomic mass is 10.5. The molecule has 0 bridgehead atoms. The van der Waals surface area contributed by atoms with Crippen LogP contribution in [-0.4, -0.2) is 32.3 Å². The molecule has 0 aromatic rings. The number of hydrogen-bond acceptors (Lipinski definition) is 3. The summed E-state index contributed by atoms with van der Waals surface area (Å²) in [6, 6.07) is 0. The summed E-state index contributed by atoms with van der Waals surface area (Å²) < 4.78 is 42.8. The van der Waals surface area contributed by atoms with Crippen LogP contribution >= 0.6 is 0 Å². The molecule has 1 rings (SSSR count). The highest BCUT2D eigenvalue weighted by atomic mass is 19.4. The van der Waals surface area contributed by atoms with E-state index in [0.29, 0.717) is 6.54 Å². The minimum atomic E-state index is -4.61. The van der Waals surface area contributed by atoms with Gasteiger partial charge < -0.3 is 10.1 Å². The highest BCUT2D eigenvalue weighted by molar-refractivity contribution is 4.58. The van der Waals surface area contributed by atoms with Gasteiger partial charge in [-0.05, 0) is 0 Å². The van der Waals surface area contributed by atoms with Crippen LogP contribution in [0.3, 0.4) is 0 Å². The number of halogens is 3. The summed E-state index contributed by atoms with van der Waals surface area (Å²) in [7, 11) is 0. The molecule has 0 spiro atoms. The van der Waals surface area contributed by atoms with E-state index in [9.17, 15) is 13.2 Å². The third-order valence-corrected chi connectivity index (χ3v) is 1.16. The normalized spacial score (nSPS) is 27.0. The predicted octanol–water partition coefficient (Wildman–Crippen LogP) is 0.469. The van der Waals surface area contributed by atoms with Crippen LogP contribution < -0.4 is 5.32 Å². The molecule has 0 saturated carbocycles. The van der Waals surface area contributed by atoms with Gasteiger partial charge in [-0.1, -0.05) is 0 Å². The van der Waals surface area contributed by atoms with Gasteiger partial charge in [0.05, 0.1) is 6.61 Å². The lowest BCUT2D eigenvalue weighted by Crippen LogP contribution is -2.42. The van der Waals surface area contributed by atoms with Crippen molar-refractivity contribution in [3.63, 3.8) is 0 Å². The number of alkyl halides is 3. The molecule has 3 nitrogen and oxygen atoms in total. The summed E-state index contributed by atoms with van der Waals surface area (Å²) in [6.45, 7) is 0.901. The van der Waals surface area contributed by atoms with Gasteiger partial charge in [-0.15, -0.1) is 13.2 Å². The lowest BCUT2D eigenvalue weighted by Gasteiger charge is -2.24. The Labute approximate surface area is 61.5 Å². The van der Waals surface area contributed by atoms with Gasteiger partial charge in [-0.3, -0.25) is 4.74 Å². The summed E-state index contributed by atoms with van der Waals surface area (Å²) in [6.07, 6.45) is -5.80. The molecule has 1 unspecified atom stereocenters. The zero-order chi connectivity index (χ0) is 8.32. The van der Waals surface area contributed by atoms with Crippen molar-refractivity contribution in [2.45, 2.75) is 12.7 Å². The highest BCUT2D eigenvalue weighted by Gasteiger charge is 2.34. The van der Waals surface area contributed by atoms with E-state index in [-0.39, 0.29) is 13.2 Å². The minimum absolute atomic E-state index is 0.0828. The van der Waals surface area contributed by atoms with Crippen LogP contribution in [0.15, 0.2) is 0 Å². The van der Waals surface area contributed by atoms with Crippen LogP contribution in [0.2, 0.25) is 0 Å². The Kier molecular flexibility index (Phi) is 2.69. The Balaban J connectivity index is 2.24. The fraction of sp³-hybridized carbons (Fsp3) is 1.00. The number of hydrogen-bond donors (Lipinski definition) is 1. The molecule has 1 heterocycles. The minimum Gasteiger partial charge on any atom is -0.350 e. The van der Waals surface area contributed by atoms with Crippen molar-refractivity contribution in [3.8, 4) is 0 Å². The second-order valence-electron chi connectivity index (χ2n) is 2.07. The SMILES string of the molecule is FC(F)(F)OC1CNCCO1. The Morgan fingerprint density at radius 3 is 2.64 bits per heavy atom. The second-order valence-corrected chi connectivity index (χ2v) is 2.07. The molecular formula is C5H8F3NO2. The third kappa shape index (κ3) is 3.54. The first-order valence-electron chi connectivity index (χ1n) is 3.15. The maximum absolute atomic E-state index is 11.5. The van der Waals surface area contributed by atoms with E-state index in [4.69, 9.17) is 0 Å². The molecule has 1 saturated heterocycles. The largest absolute Gasteiger partial charge is 0.524 e. The summed E-state index contributed by atoms with van der Waals surface area (Å²) in [4.78, 5) is 0. The Bertz CT molecular complexity index is 121. The second kappa shape index (κ2) is 3.38. The van der Waals surface area contributed by atoms with Crippen LogP contribution in [0.25, 0.3) is 0 Å². The van der Waals surface area contributed by atoms with Crippen molar-refractivity contribution in [2.75, 3.05) is 19.7 Å². The fourth-order valence-electron chi connectivity index (χ4n) is 0.766. The smallest absolute Gasteiger partial charge is 0.350 e. The summed E-state index contributed by atoms with van der Waals surface area (Å²) in [5.74, 6) is 0. The van der Waals surface area contributed by atoms with E-state index in [1.54, 1.807) is 0 Å². The van der Waals surface area contributed by atoms with Crippen molar-refractivity contribution in [1.29, 1.82) is 0 Å². The van der Waals surface area contributed by atoms with E-state index in [1.165, 1.54) is 0 Å². The Morgan fingerprint density at radius 1 is 1.45 bits per heavy atom. The van der Waals surface area contributed by atoms with Gasteiger partial charge >= 0.3 is 6.36 Å². The number of ether oxygens (including phenoxy) is 2. The van der Waals surface area contributed by atoms with Gasteiger partial charge in [-0.25, -0.2) is 0 Å². The van der Waals surface area contributed by atoms with Crippen molar-refractivity contribution < 1.29 is 22.6 Å². The quantitative estimate of drug-likeness (QED) is 0.622. The molecule has 0 aromatic carbocycles. The van der Waals surface area contributed by atoms with E-state index < -0.39 is 12.7 Å².